The van der Waals surface area contributed by atoms with E-state index in [9.17, 15) is 8.42 Å². The summed E-state index contributed by atoms with van der Waals surface area (Å²) in [7, 11) is -1.74. The third kappa shape index (κ3) is 4.16. The van der Waals surface area contributed by atoms with Crippen molar-refractivity contribution >= 4 is 15.7 Å². The van der Waals surface area contributed by atoms with Crippen LogP contribution >= 0.6 is 0 Å². The van der Waals surface area contributed by atoms with Crippen LogP contribution in [0.1, 0.15) is 13.3 Å². The Balaban J connectivity index is 2.14. The van der Waals surface area contributed by atoms with Crippen LogP contribution in [0.25, 0.3) is 11.3 Å². The van der Waals surface area contributed by atoms with Gasteiger partial charge in [0.2, 0.25) is 15.9 Å². The minimum Gasteiger partial charge on any atom is -0.480 e. The fraction of sp³-hybridized carbons (Fsp3) is 0.286. The Morgan fingerprint density at radius 2 is 1.81 bits per heavy atom. The van der Waals surface area contributed by atoms with Gasteiger partial charge in [-0.2, -0.15) is 0 Å². The van der Waals surface area contributed by atoms with Gasteiger partial charge in [-0.1, -0.05) is 19.1 Å². The van der Waals surface area contributed by atoms with Crippen LogP contribution in [-0.4, -0.2) is 31.5 Å². The third-order valence-corrected chi connectivity index (χ3v) is 4.27. The predicted octanol–water partition coefficient (Wildman–Crippen LogP) is 2.30. The van der Waals surface area contributed by atoms with Crippen LogP contribution in [0.2, 0.25) is 0 Å². The summed E-state index contributed by atoms with van der Waals surface area (Å²) in [6.07, 6.45) is 0.578. The van der Waals surface area contributed by atoms with Gasteiger partial charge in [-0.3, -0.25) is 4.72 Å². The molecule has 0 radical (unpaired) electrons. The molecule has 1 aromatic heterocycles. The molecule has 0 bridgehead atoms. The maximum atomic E-state index is 11.7. The molecule has 112 valence electrons. The van der Waals surface area contributed by atoms with Gasteiger partial charge in [0.05, 0.1) is 18.6 Å². The standard InChI is InChI=1S/C14H17N3O3S/c1-3-10-21(18,19)17-12-6-4-11(5-7-12)13-8-9-14(20-2)16-15-13/h4-9,17H,3,10H2,1-2H3. The first-order chi connectivity index (χ1) is 10.0. The van der Waals surface area contributed by atoms with Gasteiger partial charge in [0.1, 0.15) is 0 Å². The molecule has 1 heterocycles. The van der Waals surface area contributed by atoms with Gasteiger partial charge in [-0.25, -0.2) is 8.42 Å². The first kappa shape index (κ1) is 15.2. The molecule has 2 rings (SSSR count). The van der Waals surface area contributed by atoms with E-state index in [0.29, 0.717) is 23.7 Å². The molecule has 0 spiro atoms. The van der Waals surface area contributed by atoms with Crippen molar-refractivity contribution in [3.63, 3.8) is 0 Å². The van der Waals surface area contributed by atoms with E-state index in [2.05, 4.69) is 14.9 Å². The molecule has 1 N–H and O–H groups in total. The summed E-state index contributed by atoms with van der Waals surface area (Å²) in [4.78, 5) is 0. The quantitative estimate of drug-likeness (QED) is 0.885. The minimum absolute atomic E-state index is 0.110. The Morgan fingerprint density at radius 1 is 1.10 bits per heavy atom. The summed E-state index contributed by atoms with van der Waals surface area (Å²) in [5.74, 6) is 0.557. The molecule has 2 aromatic rings. The lowest BCUT2D eigenvalue weighted by atomic mass is 10.1. The summed E-state index contributed by atoms with van der Waals surface area (Å²) in [6, 6.07) is 10.5. The number of rotatable bonds is 6. The normalized spacial score (nSPS) is 11.1. The number of ether oxygens (including phenoxy) is 1. The average Bonchev–Trinajstić information content (AvgIpc) is 2.48. The van der Waals surface area contributed by atoms with Crippen LogP contribution in [-0.2, 0) is 10.0 Å². The number of sulfonamides is 1. The van der Waals surface area contributed by atoms with Crippen LogP contribution < -0.4 is 9.46 Å². The maximum Gasteiger partial charge on any atom is 0.233 e. The summed E-state index contributed by atoms with van der Waals surface area (Å²) in [5.41, 5.74) is 2.08. The first-order valence-corrected chi connectivity index (χ1v) is 8.18. The van der Waals surface area contributed by atoms with Crippen molar-refractivity contribution < 1.29 is 13.2 Å². The fourth-order valence-corrected chi connectivity index (χ4v) is 2.93. The maximum absolute atomic E-state index is 11.7. The van der Waals surface area contributed by atoms with Gasteiger partial charge in [0, 0.05) is 17.3 Å². The first-order valence-electron chi connectivity index (χ1n) is 6.52. The van der Waals surface area contributed by atoms with E-state index in [1.165, 1.54) is 7.11 Å². The molecule has 7 heteroatoms. The molecule has 0 aliphatic heterocycles. The Labute approximate surface area is 124 Å². The Hall–Kier alpha value is -2.15. The molecule has 21 heavy (non-hydrogen) atoms. The summed E-state index contributed by atoms with van der Waals surface area (Å²) in [6.45, 7) is 1.82. The van der Waals surface area contributed by atoms with Crippen molar-refractivity contribution in [2.45, 2.75) is 13.3 Å². The van der Waals surface area contributed by atoms with Crippen molar-refractivity contribution in [1.82, 2.24) is 10.2 Å². The second kappa shape index (κ2) is 6.53. The smallest absolute Gasteiger partial charge is 0.233 e. The molecule has 0 unspecified atom stereocenters. The number of nitrogens with one attached hydrogen (secondary N) is 1. The lowest BCUT2D eigenvalue weighted by molar-refractivity contribution is 0.392. The molecule has 0 aliphatic carbocycles. The molecule has 0 saturated heterocycles. The van der Waals surface area contributed by atoms with Crippen molar-refractivity contribution in [3.8, 4) is 17.1 Å². The van der Waals surface area contributed by atoms with Crippen molar-refractivity contribution in [3.05, 3.63) is 36.4 Å². The molecule has 0 atom stereocenters. The van der Waals surface area contributed by atoms with Gasteiger partial charge in [-0.05, 0) is 24.6 Å². The van der Waals surface area contributed by atoms with Crippen molar-refractivity contribution in [2.75, 3.05) is 17.6 Å². The van der Waals surface area contributed by atoms with Crippen molar-refractivity contribution in [2.24, 2.45) is 0 Å². The Kier molecular flexibility index (Phi) is 4.74. The second-order valence-corrected chi connectivity index (χ2v) is 6.30. The van der Waals surface area contributed by atoms with Gasteiger partial charge in [0.15, 0.2) is 0 Å². The van der Waals surface area contributed by atoms with Crippen molar-refractivity contribution in [1.29, 1.82) is 0 Å². The molecule has 0 saturated carbocycles. The van der Waals surface area contributed by atoms with E-state index >= 15 is 0 Å². The number of hydrogen-bond acceptors (Lipinski definition) is 5. The molecule has 1 aromatic carbocycles. The monoisotopic (exact) mass is 307 g/mol. The Morgan fingerprint density at radius 3 is 2.33 bits per heavy atom. The molecular weight excluding hydrogens is 290 g/mol. The zero-order chi connectivity index (χ0) is 15.3. The highest BCUT2D eigenvalue weighted by atomic mass is 32.2. The minimum atomic E-state index is -3.27. The van der Waals surface area contributed by atoms with E-state index in [1.807, 2.05) is 6.92 Å². The number of aromatic nitrogens is 2. The molecular formula is C14H17N3O3S. The highest BCUT2D eigenvalue weighted by molar-refractivity contribution is 7.92. The summed E-state index contributed by atoms with van der Waals surface area (Å²) in [5, 5.41) is 7.94. The van der Waals surface area contributed by atoms with Gasteiger partial charge in [-0.15, -0.1) is 10.2 Å². The predicted molar refractivity (Wildman–Crippen MR) is 81.7 cm³/mol. The van der Waals surface area contributed by atoms with Crippen LogP contribution in [0.15, 0.2) is 36.4 Å². The number of hydrogen-bond donors (Lipinski definition) is 1. The number of methoxy groups -OCH3 is 1. The van der Waals surface area contributed by atoms with Crippen LogP contribution in [0.5, 0.6) is 5.88 Å². The second-order valence-electron chi connectivity index (χ2n) is 4.46. The van der Waals surface area contributed by atoms with Crippen LogP contribution in [0, 0.1) is 0 Å². The number of nitrogens with zero attached hydrogens (tertiary/aromatic N) is 2. The number of anilines is 1. The van der Waals surface area contributed by atoms with E-state index in [4.69, 9.17) is 4.74 Å². The zero-order valence-electron chi connectivity index (χ0n) is 11.9. The van der Waals surface area contributed by atoms with Crippen LogP contribution in [0.4, 0.5) is 5.69 Å². The molecule has 0 aliphatic rings. The zero-order valence-corrected chi connectivity index (χ0v) is 12.7. The lowest BCUT2D eigenvalue weighted by Crippen LogP contribution is -2.15. The Bertz CT molecular complexity index is 682. The van der Waals surface area contributed by atoms with Gasteiger partial charge < -0.3 is 4.74 Å². The average molecular weight is 307 g/mol. The highest BCUT2D eigenvalue weighted by Gasteiger charge is 2.09. The summed E-state index contributed by atoms with van der Waals surface area (Å²) < 4.78 is 30.8. The lowest BCUT2D eigenvalue weighted by Gasteiger charge is -2.07. The number of benzene rings is 1. The topological polar surface area (TPSA) is 81.2 Å². The van der Waals surface area contributed by atoms with E-state index < -0.39 is 10.0 Å². The van der Waals surface area contributed by atoms with E-state index in [1.54, 1.807) is 36.4 Å². The van der Waals surface area contributed by atoms with Gasteiger partial charge >= 0.3 is 0 Å². The SMILES string of the molecule is CCCS(=O)(=O)Nc1ccc(-c2ccc(OC)nn2)cc1. The van der Waals surface area contributed by atoms with E-state index in [-0.39, 0.29) is 5.75 Å². The van der Waals surface area contributed by atoms with Gasteiger partial charge in [0.25, 0.3) is 0 Å². The highest BCUT2D eigenvalue weighted by Crippen LogP contribution is 2.20. The molecule has 0 amide bonds. The largest absolute Gasteiger partial charge is 0.480 e. The molecule has 6 nitrogen and oxygen atoms in total. The summed E-state index contributed by atoms with van der Waals surface area (Å²) >= 11 is 0. The fourth-order valence-electron chi connectivity index (χ4n) is 1.79. The molecule has 0 fully saturated rings. The van der Waals surface area contributed by atoms with Crippen LogP contribution in [0.3, 0.4) is 0 Å². The third-order valence-electron chi connectivity index (χ3n) is 2.78. The van der Waals surface area contributed by atoms with E-state index in [0.717, 1.165) is 5.56 Å².